The smallest absolute Gasteiger partial charge is 0.250 e. The van der Waals surface area contributed by atoms with E-state index < -0.39 is 0 Å². The lowest BCUT2D eigenvalue weighted by molar-refractivity contribution is -0.122. The van der Waals surface area contributed by atoms with Crippen LogP contribution in [0.5, 0.6) is 0 Å². The molecule has 0 aliphatic carbocycles. The summed E-state index contributed by atoms with van der Waals surface area (Å²) in [6.45, 7) is 2.81. The van der Waals surface area contributed by atoms with Crippen molar-refractivity contribution in [3.63, 3.8) is 0 Å². The van der Waals surface area contributed by atoms with E-state index in [2.05, 4.69) is 26.6 Å². The molecule has 1 amide bonds. The third kappa shape index (κ3) is 5.28. The van der Waals surface area contributed by atoms with Gasteiger partial charge in [0.2, 0.25) is 5.91 Å². The van der Waals surface area contributed by atoms with Crippen molar-refractivity contribution < 1.29 is 14.3 Å². The highest BCUT2D eigenvalue weighted by Crippen LogP contribution is 2.13. The van der Waals surface area contributed by atoms with Crippen molar-refractivity contribution in [2.75, 3.05) is 38.2 Å². The van der Waals surface area contributed by atoms with Crippen molar-refractivity contribution in [1.82, 2.24) is 5.32 Å². The number of morpholine rings is 1. The van der Waals surface area contributed by atoms with Crippen LogP contribution in [0.3, 0.4) is 0 Å². The molecule has 104 valence electrons. The first-order valence-electron chi connectivity index (χ1n) is 6.19. The molecule has 1 aromatic rings. The van der Waals surface area contributed by atoms with Gasteiger partial charge in [0.05, 0.1) is 19.3 Å². The largest absolute Gasteiger partial charge is 0.373 e. The number of carbonyl (C=O) groups excluding carboxylic acids is 1. The van der Waals surface area contributed by atoms with Crippen LogP contribution in [-0.2, 0) is 14.3 Å². The maximum atomic E-state index is 11.6. The maximum absolute atomic E-state index is 11.6. The van der Waals surface area contributed by atoms with E-state index in [4.69, 9.17) is 9.47 Å². The van der Waals surface area contributed by atoms with Crippen LogP contribution in [0.25, 0.3) is 0 Å². The Bertz CT molecular complexity index is 405. The molecule has 1 heterocycles. The quantitative estimate of drug-likeness (QED) is 0.857. The second-order valence-corrected chi connectivity index (χ2v) is 5.18. The zero-order chi connectivity index (χ0) is 13.5. The van der Waals surface area contributed by atoms with Gasteiger partial charge in [-0.1, -0.05) is 15.9 Å². The van der Waals surface area contributed by atoms with E-state index in [-0.39, 0.29) is 18.6 Å². The summed E-state index contributed by atoms with van der Waals surface area (Å²) in [5, 5.41) is 5.97. The molecule has 0 aromatic heterocycles. The first-order valence-corrected chi connectivity index (χ1v) is 6.99. The Morgan fingerprint density at radius 3 is 2.95 bits per heavy atom. The highest BCUT2D eigenvalue weighted by Gasteiger charge is 2.13. The summed E-state index contributed by atoms with van der Waals surface area (Å²) < 4.78 is 11.8. The van der Waals surface area contributed by atoms with Gasteiger partial charge in [-0.25, -0.2) is 0 Å². The average molecular weight is 329 g/mol. The Morgan fingerprint density at radius 1 is 1.47 bits per heavy atom. The lowest BCUT2D eigenvalue weighted by Crippen LogP contribution is -2.41. The Morgan fingerprint density at radius 2 is 2.26 bits per heavy atom. The number of ether oxygens (including phenoxy) is 2. The molecule has 1 unspecified atom stereocenters. The molecule has 1 aromatic carbocycles. The first kappa shape index (κ1) is 14.5. The molecule has 1 fully saturated rings. The van der Waals surface area contributed by atoms with Gasteiger partial charge in [0, 0.05) is 23.2 Å². The van der Waals surface area contributed by atoms with Crippen LogP contribution < -0.4 is 10.6 Å². The van der Waals surface area contributed by atoms with Gasteiger partial charge < -0.3 is 20.1 Å². The van der Waals surface area contributed by atoms with Gasteiger partial charge in [0.15, 0.2) is 0 Å². The molecule has 0 bridgehead atoms. The maximum Gasteiger partial charge on any atom is 0.250 e. The predicted octanol–water partition coefficient (Wildman–Crippen LogP) is 1.39. The van der Waals surface area contributed by atoms with E-state index in [1.54, 1.807) is 0 Å². The van der Waals surface area contributed by atoms with Crippen molar-refractivity contribution in [2.45, 2.75) is 6.10 Å². The van der Waals surface area contributed by atoms with E-state index in [1.165, 1.54) is 0 Å². The topological polar surface area (TPSA) is 59.6 Å². The number of benzene rings is 1. The van der Waals surface area contributed by atoms with Crippen LogP contribution in [0.4, 0.5) is 5.69 Å². The number of hydrogen-bond acceptors (Lipinski definition) is 4. The highest BCUT2D eigenvalue weighted by atomic mass is 79.9. The number of halogens is 1. The molecular formula is C13H17BrN2O3. The van der Waals surface area contributed by atoms with Crippen LogP contribution in [-0.4, -0.2) is 44.9 Å². The van der Waals surface area contributed by atoms with Crippen LogP contribution in [0.1, 0.15) is 0 Å². The number of amides is 1. The van der Waals surface area contributed by atoms with Gasteiger partial charge >= 0.3 is 0 Å². The van der Waals surface area contributed by atoms with Gasteiger partial charge in [-0.2, -0.15) is 0 Å². The molecule has 19 heavy (non-hydrogen) atoms. The summed E-state index contributed by atoms with van der Waals surface area (Å²) in [4.78, 5) is 11.6. The number of hydrogen-bond donors (Lipinski definition) is 2. The van der Waals surface area contributed by atoms with Crippen molar-refractivity contribution in [3.05, 3.63) is 28.7 Å². The molecule has 1 aliphatic rings. The minimum atomic E-state index is -0.161. The van der Waals surface area contributed by atoms with Crippen LogP contribution >= 0.6 is 15.9 Å². The van der Waals surface area contributed by atoms with E-state index in [0.29, 0.717) is 13.2 Å². The van der Waals surface area contributed by atoms with Gasteiger partial charge in [-0.15, -0.1) is 0 Å². The summed E-state index contributed by atoms with van der Waals surface area (Å²) in [6.07, 6.45) is 0.0363. The van der Waals surface area contributed by atoms with Crippen molar-refractivity contribution in [3.8, 4) is 0 Å². The van der Waals surface area contributed by atoms with Gasteiger partial charge in [-0.3, -0.25) is 4.79 Å². The average Bonchev–Trinajstić information content (AvgIpc) is 2.43. The van der Waals surface area contributed by atoms with Crippen molar-refractivity contribution in [2.24, 2.45) is 0 Å². The molecule has 1 aliphatic heterocycles. The Kier molecular flexibility index (Phi) is 5.78. The lowest BCUT2D eigenvalue weighted by atomic mass is 10.3. The Balaban J connectivity index is 1.65. The van der Waals surface area contributed by atoms with E-state index in [1.807, 2.05) is 24.3 Å². The zero-order valence-electron chi connectivity index (χ0n) is 10.5. The fraction of sp³-hybridized carbons (Fsp3) is 0.462. The molecule has 0 radical (unpaired) electrons. The van der Waals surface area contributed by atoms with Crippen LogP contribution in [0.15, 0.2) is 28.7 Å². The summed E-state index contributed by atoms with van der Waals surface area (Å²) >= 11 is 3.34. The molecule has 5 nitrogen and oxygen atoms in total. The molecular weight excluding hydrogens is 312 g/mol. The standard InChI is InChI=1S/C13H17BrN2O3/c14-10-1-3-11(4-2-10)16-13(17)9-18-8-12-7-15-5-6-19-12/h1-4,12,15H,5-9H2,(H,16,17). The number of carbonyl (C=O) groups is 1. The SMILES string of the molecule is O=C(COCC1CNCCO1)Nc1ccc(Br)cc1. The van der Waals surface area contributed by atoms with Crippen molar-refractivity contribution >= 4 is 27.5 Å². The molecule has 0 spiro atoms. The van der Waals surface area contributed by atoms with E-state index in [0.717, 1.165) is 23.2 Å². The van der Waals surface area contributed by atoms with Gasteiger partial charge in [-0.05, 0) is 24.3 Å². The molecule has 1 saturated heterocycles. The normalized spacial score (nSPS) is 19.1. The fourth-order valence-corrected chi connectivity index (χ4v) is 2.00. The molecule has 6 heteroatoms. The second-order valence-electron chi connectivity index (χ2n) is 4.27. The number of anilines is 1. The highest BCUT2D eigenvalue weighted by molar-refractivity contribution is 9.10. The summed E-state index contributed by atoms with van der Waals surface area (Å²) in [5.41, 5.74) is 0.757. The molecule has 1 atom stereocenters. The monoisotopic (exact) mass is 328 g/mol. The second kappa shape index (κ2) is 7.59. The zero-order valence-corrected chi connectivity index (χ0v) is 12.1. The molecule has 2 rings (SSSR count). The van der Waals surface area contributed by atoms with Crippen LogP contribution in [0.2, 0.25) is 0 Å². The fourth-order valence-electron chi connectivity index (χ4n) is 1.74. The Labute approximate surface area is 120 Å². The molecule has 2 N–H and O–H groups in total. The third-order valence-electron chi connectivity index (χ3n) is 2.67. The number of nitrogens with one attached hydrogen (secondary N) is 2. The minimum absolute atomic E-state index is 0.0363. The van der Waals surface area contributed by atoms with E-state index in [9.17, 15) is 4.79 Å². The number of rotatable bonds is 5. The summed E-state index contributed by atoms with van der Waals surface area (Å²) in [7, 11) is 0. The lowest BCUT2D eigenvalue weighted by Gasteiger charge is -2.23. The summed E-state index contributed by atoms with van der Waals surface area (Å²) in [6, 6.07) is 7.41. The minimum Gasteiger partial charge on any atom is -0.373 e. The first-order chi connectivity index (χ1) is 9.24. The third-order valence-corrected chi connectivity index (χ3v) is 3.20. The van der Waals surface area contributed by atoms with E-state index >= 15 is 0 Å². The van der Waals surface area contributed by atoms with Gasteiger partial charge in [0.1, 0.15) is 6.61 Å². The van der Waals surface area contributed by atoms with Crippen LogP contribution in [0, 0.1) is 0 Å². The predicted molar refractivity (Wildman–Crippen MR) is 76.2 cm³/mol. The van der Waals surface area contributed by atoms with Crippen molar-refractivity contribution in [1.29, 1.82) is 0 Å². The summed E-state index contributed by atoms with van der Waals surface area (Å²) in [5.74, 6) is -0.161. The van der Waals surface area contributed by atoms with Gasteiger partial charge in [0.25, 0.3) is 0 Å². The Hall–Kier alpha value is -0.950. The molecule has 0 saturated carbocycles.